The quantitative estimate of drug-likeness (QED) is 0.173. The first kappa shape index (κ1) is 38.9. The van der Waals surface area contributed by atoms with Gasteiger partial charge >= 0.3 is 12.2 Å². The number of amides is 5. The van der Waals surface area contributed by atoms with Crippen molar-refractivity contribution in [3.05, 3.63) is 48.0 Å². The van der Waals surface area contributed by atoms with Gasteiger partial charge in [-0.3, -0.25) is 19.2 Å². The van der Waals surface area contributed by atoms with Crippen molar-refractivity contribution in [3.63, 3.8) is 0 Å². The molecule has 1 aromatic carbocycles. The highest BCUT2D eigenvalue weighted by Gasteiger charge is 2.70. The predicted octanol–water partition coefficient (Wildman–Crippen LogP) is 3.31. The number of urea groups is 1. The molecule has 3 unspecified atom stereocenters. The molecule has 2 aliphatic carbocycles. The van der Waals surface area contributed by atoms with Gasteiger partial charge in [0.15, 0.2) is 0 Å². The van der Waals surface area contributed by atoms with Gasteiger partial charge in [0.25, 0.3) is 5.91 Å². The molecule has 14 heteroatoms. The highest BCUT2D eigenvalue weighted by atomic mass is 19.4. The molecule has 1 aliphatic heterocycles. The van der Waals surface area contributed by atoms with Gasteiger partial charge in [0.05, 0.1) is 18.7 Å². The number of halogens is 3. The van der Waals surface area contributed by atoms with E-state index in [-0.39, 0.29) is 48.3 Å². The van der Waals surface area contributed by atoms with Crippen LogP contribution in [-0.2, 0) is 36.8 Å². The Morgan fingerprint density at radius 3 is 2.20 bits per heavy atom. The molecular formula is C36H50F3N5O6. The third kappa shape index (κ3) is 8.85. The lowest BCUT2D eigenvalue weighted by atomic mass is 9.87. The van der Waals surface area contributed by atoms with Gasteiger partial charge in [-0.1, -0.05) is 65.0 Å². The Bertz CT molecular complexity index is 1450. The zero-order valence-corrected chi connectivity index (χ0v) is 29.6. The molecule has 276 valence electrons. The van der Waals surface area contributed by atoms with Gasteiger partial charge in [0.2, 0.25) is 17.6 Å². The van der Waals surface area contributed by atoms with E-state index in [1.54, 1.807) is 0 Å². The van der Waals surface area contributed by atoms with Crippen molar-refractivity contribution in [3.8, 4) is 0 Å². The van der Waals surface area contributed by atoms with Gasteiger partial charge < -0.3 is 30.9 Å². The minimum absolute atomic E-state index is 0.0929. The van der Waals surface area contributed by atoms with E-state index in [4.69, 9.17) is 4.74 Å². The molecule has 0 aromatic heterocycles. The highest BCUT2D eigenvalue weighted by Crippen LogP contribution is 2.65. The van der Waals surface area contributed by atoms with Crippen LogP contribution in [-0.4, -0.2) is 91.6 Å². The molecule has 0 spiro atoms. The molecule has 1 saturated heterocycles. The van der Waals surface area contributed by atoms with Crippen molar-refractivity contribution < 1.29 is 41.9 Å². The molecule has 1 heterocycles. The zero-order chi connectivity index (χ0) is 37.2. The van der Waals surface area contributed by atoms with Gasteiger partial charge in [-0.05, 0) is 59.0 Å². The van der Waals surface area contributed by atoms with Crippen LogP contribution in [0.5, 0.6) is 0 Å². The number of hydrogen-bond acceptors (Lipinski definition) is 6. The molecule has 0 radical (unpaired) electrons. The fourth-order valence-electron chi connectivity index (χ4n) is 7.46. The maximum Gasteiger partial charge on any atom is 0.389 e. The van der Waals surface area contributed by atoms with Crippen LogP contribution < -0.4 is 21.3 Å². The standard InChI is InChI=1S/C36H50F3N5O6/c1-8-15-40-31(47)29(45)24(13-14-36(37,38)39)41-30(46)28-26-23(35(26,5)6)18-44(28)32(48)27(22-16-20-11-9-10-12-21(20)17-22)43-33(49)42-25(19-50-7)34(2,3)4/h8-12,22-28H,1,13-19H2,2-7H3,(H,40,47)(H,41,46)(H2,42,43,49)/t23?,24?,25-,26?,27+,28+/m1/s1. The summed E-state index contributed by atoms with van der Waals surface area (Å²) in [5.74, 6) is -4.48. The van der Waals surface area contributed by atoms with E-state index in [1.165, 1.54) is 18.1 Å². The number of Topliss-reactive ketones (excluding diaryl/α,β-unsaturated/α-hetero) is 1. The summed E-state index contributed by atoms with van der Waals surface area (Å²) in [6, 6.07) is 2.83. The maximum absolute atomic E-state index is 14.6. The topological polar surface area (TPSA) is 146 Å². The van der Waals surface area contributed by atoms with Crippen LogP contribution in [0.1, 0.15) is 58.6 Å². The normalized spacial score (nSPS) is 22.7. The Balaban J connectivity index is 1.62. The van der Waals surface area contributed by atoms with Gasteiger partial charge in [-0.15, -0.1) is 6.58 Å². The first-order valence-corrected chi connectivity index (χ1v) is 17.0. The van der Waals surface area contributed by atoms with Crippen molar-refractivity contribution in [1.29, 1.82) is 0 Å². The Morgan fingerprint density at radius 1 is 1.04 bits per heavy atom. The number of nitrogens with one attached hydrogen (secondary N) is 4. The van der Waals surface area contributed by atoms with E-state index in [9.17, 15) is 37.1 Å². The van der Waals surface area contributed by atoms with Crippen molar-refractivity contribution in [1.82, 2.24) is 26.2 Å². The number of alkyl halides is 3. The molecule has 2 fully saturated rings. The molecule has 1 saturated carbocycles. The number of nitrogens with zero attached hydrogens (tertiary/aromatic N) is 1. The zero-order valence-electron chi connectivity index (χ0n) is 29.6. The van der Waals surface area contributed by atoms with E-state index in [1.807, 2.05) is 58.9 Å². The highest BCUT2D eigenvalue weighted by molar-refractivity contribution is 6.38. The minimum Gasteiger partial charge on any atom is -0.383 e. The summed E-state index contributed by atoms with van der Waals surface area (Å²) in [6.45, 7) is 13.5. The molecule has 4 N–H and O–H groups in total. The number of methoxy groups -OCH3 is 1. The molecule has 3 aliphatic rings. The van der Waals surface area contributed by atoms with Crippen LogP contribution in [0.3, 0.4) is 0 Å². The number of ether oxygens (including phenoxy) is 1. The van der Waals surface area contributed by atoms with Crippen LogP contribution in [0, 0.1) is 28.6 Å². The molecule has 5 amide bonds. The Kier molecular flexibility index (Phi) is 11.8. The van der Waals surface area contributed by atoms with Gasteiger partial charge in [0.1, 0.15) is 12.1 Å². The molecule has 6 atom stereocenters. The smallest absolute Gasteiger partial charge is 0.383 e. The van der Waals surface area contributed by atoms with Crippen LogP contribution in [0.15, 0.2) is 36.9 Å². The lowest BCUT2D eigenvalue weighted by Crippen LogP contribution is -2.61. The number of carbonyl (C=O) groups excluding carboxylic acids is 5. The first-order chi connectivity index (χ1) is 23.3. The van der Waals surface area contributed by atoms with Crippen LogP contribution in [0.25, 0.3) is 0 Å². The lowest BCUT2D eigenvalue weighted by molar-refractivity contribution is -0.147. The fraction of sp³-hybridized carbons (Fsp3) is 0.639. The van der Waals surface area contributed by atoms with Crippen molar-refractivity contribution in [2.24, 2.45) is 28.6 Å². The first-order valence-electron chi connectivity index (χ1n) is 17.0. The number of carbonyl (C=O) groups is 5. The maximum atomic E-state index is 14.6. The predicted molar refractivity (Wildman–Crippen MR) is 180 cm³/mol. The SMILES string of the molecule is C=CCNC(=O)C(=O)C(CCC(F)(F)F)NC(=O)[C@@H]1C2C(CN1C(=O)[C@@H](NC(=O)N[C@H](COC)C(C)(C)C)C1Cc3ccccc3C1)C2(C)C. The molecule has 0 bridgehead atoms. The van der Waals surface area contributed by atoms with Crippen molar-refractivity contribution in [2.45, 2.75) is 90.6 Å². The van der Waals surface area contributed by atoms with E-state index >= 15 is 0 Å². The number of hydrogen-bond donors (Lipinski definition) is 4. The van der Waals surface area contributed by atoms with Gasteiger partial charge in [-0.2, -0.15) is 13.2 Å². The summed E-state index contributed by atoms with van der Waals surface area (Å²) in [6.07, 6.45) is -4.59. The van der Waals surface area contributed by atoms with Crippen LogP contribution >= 0.6 is 0 Å². The van der Waals surface area contributed by atoms with Crippen LogP contribution in [0.2, 0.25) is 0 Å². The summed E-state index contributed by atoms with van der Waals surface area (Å²) in [5, 5.41) is 10.5. The Morgan fingerprint density at radius 2 is 1.66 bits per heavy atom. The average molecular weight is 706 g/mol. The number of likely N-dealkylation sites (tertiary alicyclic amines) is 1. The fourth-order valence-corrected chi connectivity index (χ4v) is 7.46. The number of piperidine rings is 1. The molecular weight excluding hydrogens is 655 g/mol. The monoisotopic (exact) mass is 705 g/mol. The Labute approximate surface area is 291 Å². The van der Waals surface area contributed by atoms with Crippen molar-refractivity contribution in [2.75, 3.05) is 26.8 Å². The van der Waals surface area contributed by atoms with E-state index in [2.05, 4.69) is 27.8 Å². The summed E-state index contributed by atoms with van der Waals surface area (Å²) < 4.78 is 45.1. The molecule has 11 nitrogen and oxygen atoms in total. The Hall–Kier alpha value is -3.94. The van der Waals surface area contributed by atoms with Crippen LogP contribution in [0.4, 0.5) is 18.0 Å². The minimum atomic E-state index is -4.65. The molecule has 1 aromatic rings. The summed E-state index contributed by atoms with van der Waals surface area (Å²) in [7, 11) is 1.53. The average Bonchev–Trinajstić information content (AvgIpc) is 3.40. The second-order valence-electron chi connectivity index (χ2n) is 15.4. The third-order valence-corrected chi connectivity index (χ3v) is 10.5. The third-order valence-electron chi connectivity index (χ3n) is 10.5. The largest absolute Gasteiger partial charge is 0.389 e. The number of rotatable bonds is 14. The van der Waals surface area contributed by atoms with Gasteiger partial charge in [-0.25, -0.2) is 4.79 Å². The summed E-state index contributed by atoms with van der Waals surface area (Å²) >= 11 is 0. The van der Waals surface area contributed by atoms with E-state index in [0.29, 0.717) is 12.8 Å². The lowest BCUT2D eigenvalue weighted by Gasteiger charge is -2.36. The molecule has 4 rings (SSSR count). The van der Waals surface area contributed by atoms with Crippen molar-refractivity contribution >= 4 is 29.5 Å². The number of fused-ring (bicyclic) bond motifs is 2. The molecule has 50 heavy (non-hydrogen) atoms. The number of ketones is 1. The van der Waals surface area contributed by atoms with E-state index in [0.717, 1.165) is 11.1 Å². The second kappa shape index (κ2) is 15.1. The van der Waals surface area contributed by atoms with E-state index < -0.39 is 72.7 Å². The van der Waals surface area contributed by atoms with Gasteiger partial charge in [0, 0.05) is 26.6 Å². The second-order valence-corrected chi connectivity index (χ2v) is 15.4. The summed E-state index contributed by atoms with van der Waals surface area (Å²) in [5.41, 5.74) is 1.36. The number of benzene rings is 1. The summed E-state index contributed by atoms with van der Waals surface area (Å²) in [4.78, 5) is 69.0.